The molecule has 0 spiro atoms. The van der Waals surface area contributed by atoms with Crippen LogP contribution in [0.25, 0.3) is 12.2 Å². The molecule has 2 saturated heterocycles. The lowest BCUT2D eigenvalue weighted by molar-refractivity contribution is -0.296. The van der Waals surface area contributed by atoms with Crippen LogP contribution in [0.3, 0.4) is 0 Å². The molecule has 0 aliphatic carbocycles. The van der Waals surface area contributed by atoms with Gasteiger partial charge in [-0.15, -0.1) is 0 Å². The zero-order valence-electron chi connectivity index (χ0n) is 28.4. The first kappa shape index (κ1) is 39.3. The summed E-state index contributed by atoms with van der Waals surface area (Å²) < 4.78 is 32.8. The number of hydrogen-bond donors (Lipinski definition) is 12. The van der Waals surface area contributed by atoms with Crippen molar-refractivity contribution in [1.82, 2.24) is 0 Å². The van der Waals surface area contributed by atoms with Crippen molar-refractivity contribution in [3.8, 4) is 40.2 Å². The molecule has 55 heavy (non-hydrogen) atoms. The number of aromatic hydroxyl groups is 6. The van der Waals surface area contributed by atoms with Gasteiger partial charge in [0.25, 0.3) is 11.9 Å². The van der Waals surface area contributed by atoms with E-state index in [4.69, 9.17) is 23.7 Å². The Labute approximate surface area is 310 Å². The molecular formula is C36H39O19+. The van der Waals surface area contributed by atoms with Gasteiger partial charge < -0.3 is 89.7 Å². The lowest BCUT2D eigenvalue weighted by Gasteiger charge is -2.41. The van der Waals surface area contributed by atoms with Gasteiger partial charge in [0.1, 0.15) is 78.3 Å². The maximum atomic E-state index is 12.4. The molecule has 0 amide bonds. The van der Waals surface area contributed by atoms with Crippen LogP contribution < -0.4 is 4.74 Å². The summed E-state index contributed by atoms with van der Waals surface area (Å²) in [5, 5.41) is 124. The van der Waals surface area contributed by atoms with Gasteiger partial charge in [-0.2, -0.15) is 0 Å². The normalized spacial score (nSPS) is 30.5. The molecule has 11 unspecified atom stereocenters. The number of phenolic OH excluding ortho intramolecular Hbond substituents is 5. The Morgan fingerprint density at radius 3 is 1.96 bits per heavy atom. The Morgan fingerprint density at radius 2 is 1.33 bits per heavy atom. The summed E-state index contributed by atoms with van der Waals surface area (Å²) in [6.07, 6.45) is -14.9. The molecule has 0 saturated carbocycles. The molecule has 19 heteroatoms. The van der Waals surface area contributed by atoms with E-state index in [0.717, 1.165) is 24.3 Å². The molecular weight excluding hydrogens is 736 g/mol. The lowest BCUT2D eigenvalue weighted by Crippen LogP contribution is -2.60. The molecule has 3 aliphatic heterocycles. The van der Waals surface area contributed by atoms with Gasteiger partial charge in [-0.1, -0.05) is 12.1 Å². The molecule has 11 atom stereocenters. The molecule has 0 bridgehead atoms. The van der Waals surface area contributed by atoms with Crippen LogP contribution in [0.2, 0.25) is 0 Å². The van der Waals surface area contributed by atoms with Crippen molar-refractivity contribution in [1.29, 1.82) is 0 Å². The SMILES string of the molecule is O=C(C=Cc1ccc(O)cc1)OCC1OC(OC2=Cc3c(OC4OC(CO)C(O)C(O)C4O)cc(O)cc3[OH+]C2c2cc(O)c(O)c(O)c2)C(O)C(O)C1O. The molecule has 3 heterocycles. The van der Waals surface area contributed by atoms with E-state index in [1.807, 2.05) is 0 Å². The zero-order chi connectivity index (χ0) is 39.7. The van der Waals surface area contributed by atoms with Crippen LogP contribution >= 0.6 is 0 Å². The summed E-state index contributed by atoms with van der Waals surface area (Å²) in [4.78, 5) is 12.4. The Hall–Kier alpha value is -5.35. The first-order chi connectivity index (χ1) is 26.1. The van der Waals surface area contributed by atoms with E-state index in [9.17, 15) is 66.1 Å². The van der Waals surface area contributed by atoms with Crippen LogP contribution in [-0.2, 0) is 23.7 Å². The Bertz CT molecular complexity index is 1890. The predicted molar refractivity (Wildman–Crippen MR) is 182 cm³/mol. The second kappa shape index (κ2) is 16.2. The van der Waals surface area contributed by atoms with Gasteiger partial charge in [0, 0.05) is 18.2 Å². The number of phenols is 5. The highest BCUT2D eigenvalue weighted by Crippen LogP contribution is 2.48. The van der Waals surface area contributed by atoms with Gasteiger partial charge in [0.2, 0.25) is 12.6 Å². The summed E-state index contributed by atoms with van der Waals surface area (Å²) >= 11 is 0. The topological polar surface area (TPSA) is 319 Å². The Kier molecular flexibility index (Phi) is 11.6. The van der Waals surface area contributed by atoms with E-state index in [2.05, 4.69) is 4.74 Å². The van der Waals surface area contributed by atoms with Crippen molar-refractivity contribution in [2.45, 2.75) is 67.5 Å². The Balaban J connectivity index is 1.29. The van der Waals surface area contributed by atoms with Crippen molar-refractivity contribution >= 4 is 18.1 Å². The number of rotatable bonds is 10. The Morgan fingerprint density at radius 1 is 0.727 bits per heavy atom. The third-order valence-corrected chi connectivity index (χ3v) is 9.04. The third-order valence-electron chi connectivity index (χ3n) is 9.04. The summed E-state index contributed by atoms with van der Waals surface area (Å²) in [5.74, 6) is -4.14. The maximum absolute atomic E-state index is 12.4. The first-order valence-electron chi connectivity index (χ1n) is 16.7. The van der Waals surface area contributed by atoms with Gasteiger partial charge in [0.15, 0.2) is 23.0 Å². The smallest absolute Gasteiger partial charge is 0.330 e. The van der Waals surface area contributed by atoms with Gasteiger partial charge in [-0.25, -0.2) is 4.79 Å². The fourth-order valence-corrected chi connectivity index (χ4v) is 6.03. The van der Waals surface area contributed by atoms with Crippen molar-refractivity contribution in [2.24, 2.45) is 0 Å². The molecule has 19 nitrogen and oxygen atoms in total. The highest BCUT2D eigenvalue weighted by Gasteiger charge is 2.48. The van der Waals surface area contributed by atoms with Crippen molar-refractivity contribution in [2.75, 3.05) is 13.2 Å². The van der Waals surface area contributed by atoms with Gasteiger partial charge in [-0.05, 0) is 35.9 Å². The first-order valence-corrected chi connectivity index (χ1v) is 16.7. The average Bonchev–Trinajstić information content (AvgIpc) is 3.16. The van der Waals surface area contributed by atoms with Gasteiger partial charge in [0.05, 0.1) is 18.2 Å². The number of carbonyl (C=O) groups excluding carboxylic acids is 1. The minimum Gasteiger partial charge on any atom is -0.571 e. The predicted octanol–water partition coefficient (Wildman–Crippen LogP) is -1.19. The van der Waals surface area contributed by atoms with E-state index in [0.29, 0.717) is 5.56 Å². The fourth-order valence-electron chi connectivity index (χ4n) is 6.03. The summed E-state index contributed by atoms with van der Waals surface area (Å²) in [6, 6.07) is 10.2. The van der Waals surface area contributed by atoms with Gasteiger partial charge in [-0.3, -0.25) is 0 Å². The number of fused-ring (bicyclic) bond motifs is 1. The number of aliphatic hydroxyl groups excluding tert-OH is 7. The molecule has 0 radical (unpaired) electrons. The highest BCUT2D eigenvalue weighted by atomic mass is 16.7. The maximum Gasteiger partial charge on any atom is 0.330 e. The summed E-state index contributed by atoms with van der Waals surface area (Å²) in [6.45, 7) is -1.39. The second-order valence-electron chi connectivity index (χ2n) is 12.9. The number of aliphatic hydroxyl groups is 8. The number of ether oxygens (including phenoxy) is 6. The summed E-state index contributed by atoms with van der Waals surface area (Å²) in [5.41, 5.74) is 0.566. The van der Waals surface area contributed by atoms with E-state index >= 15 is 0 Å². The monoisotopic (exact) mass is 775 g/mol. The van der Waals surface area contributed by atoms with Crippen molar-refractivity contribution in [3.63, 3.8) is 0 Å². The molecule has 3 aromatic rings. The van der Waals surface area contributed by atoms with Crippen LogP contribution in [0.15, 0.2) is 60.4 Å². The molecule has 0 aromatic heterocycles. The molecule has 13 N–H and O–H groups in total. The summed E-state index contributed by atoms with van der Waals surface area (Å²) in [7, 11) is 0. The zero-order valence-corrected chi connectivity index (χ0v) is 28.4. The minimum absolute atomic E-state index is 0.0128. The van der Waals surface area contributed by atoms with Crippen LogP contribution in [0.5, 0.6) is 40.2 Å². The molecule has 2 fully saturated rings. The fraction of sp³-hybridized carbons (Fsp3) is 0.361. The molecule has 296 valence electrons. The van der Waals surface area contributed by atoms with E-state index in [-0.39, 0.29) is 34.1 Å². The third kappa shape index (κ3) is 8.34. The van der Waals surface area contributed by atoms with Gasteiger partial charge >= 0.3 is 5.97 Å². The molecule has 3 aliphatic rings. The number of hydrogen-bond acceptors (Lipinski definition) is 18. The number of carbonyl (C=O) groups is 1. The second-order valence-corrected chi connectivity index (χ2v) is 12.9. The average molecular weight is 776 g/mol. The largest absolute Gasteiger partial charge is 0.571 e. The number of esters is 1. The quantitative estimate of drug-likeness (QED) is 0.0499. The standard InChI is InChI=1S/C36H38O19/c37-12-24-28(44)30(46)32(48)35(54-24)52-22-10-17(39)9-21-18(22)11-23(34(51-21)15-7-19(40)27(43)20(41)8-15)53-36-33(49)31(47)29(45)25(55-36)13-50-26(42)6-3-14-1-4-16(38)5-2-14/h1-11,24-25,28-41,43-49H,12-13H2/p+1. The van der Waals surface area contributed by atoms with E-state index in [1.165, 1.54) is 30.4 Å². The van der Waals surface area contributed by atoms with Crippen molar-refractivity contribution in [3.05, 3.63) is 77.1 Å². The van der Waals surface area contributed by atoms with Crippen LogP contribution in [0.1, 0.15) is 22.8 Å². The number of benzene rings is 3. The molecule has 6 rings (SSSR count). The van der Waals surface area contributed by atoms with Crippen LogP contribution in [0.4, 0.5) is 0 Å². The molecule has 3 aromatic carbocycles. The minimum atomic E-state index is -1.94. The van der Waals surface area contributed by atoms with Crippen LogP contribution in [-0.4, -0.2) is 147 Å². The lowest BCUT2D eigenvalue weighted by atomic mass is 9.98. The van der Waals surface area contributed by atoms with Crippen LogP contribution in [0, 0.1) is 0 Å². The van der Waals surface area contributed by atoms with E-state index in [1.54, 1.807) is 12.1 Å². The van der Waals surface area contributed by atoms with Crippen molar-refractivity contribution < 1.29 is 94.5 Å². The van der Waals surface area contributed by atoms with E-state index < -0.39 is 110 Å². The highest BCUT2D eigenvalue weighted by molar-refractivity contribution is 5.87.